The number of alkyl halides is 17. The van der Waals surface area contributed by atoms with Crippen LogP contribution in [-0.2, 0) is 15.2 Å². The fourth-order valence-electron chi connectivity index (χ4n) is 2.17. The van der Waals surface area contributed by atoms with Gasteiger partial charge >= 0.3 is 53.2 Å². The minimum atomic E-state index is -8.87. The molecule has 1 aliphatic rings. The molecule has 0 saturated heterocycles. The van der Waals surface area contributed by atoms with Crippen molar-refractivity contribution in [3.8, 4) is 0 Å². The highest BCUT2D eigenvalue weighted by Gasteiger charge is 3.07. The first kappa shape index (κ1) is 26.8. The fraction of sp³-hybridized carbons (Fsp3) is 1.00. The Bertz CT molecular complexity index is 745. The zero-order valence-electron chi connectivity index (χ0n) is 12.6. The molecule has 180 valence electrons. The summed E-state index contributed by atoms with van der Waals surface area (Å²) in [6.45, 7) is 0. The highest BCUT2D eigenvalue weighted by molar-refractivity contribution is 7.67. The van der Waals surface area contributed by atoms with E-state index < -0.39 is 64.2 Å². The van der Waals surface area contributed by atoms with Gasteiger partial charge < -0.3 is 0 Å². The van der Waals surface area contributed by atoms with Gasteiger partial charge in [-0.2, -0.15) is 74.4 Å². The molecular weight excluding hydrogens is 511 g/mol. The molecule has 0 aromatic rings. The summed E-state index contributed by atoms with van der Waals surface area (Å²) in [7, 11) is -5.41. The van der Waals surface area contributed by atoms with E-state index in [-0.39, 0.29) is 0 Å². The van der Waals surface area contributed by atoms with E-state index in [0.717, 1.165) is 0 Å². The monoisotopic (exact) mass is 512 g/mol. The largest absolute Gasteiger partial charge is 0.439 e. The minimum absolute atomic E-state index is 1.82. The van der Waals surface area contributed by atoms with Gasteiger partial charge in [0.15, 0.2) is 0 Å². The molecule has 0 bridgehead atoms. The van der Waals surface area contributed by atoms with Crippen LogP contribution < -0.4 is 0 Å². The summed E-state index contributed by atoms with van der Waals surface area (Å²) in [4.78, 5) is 0. The Balaban J connectivity index is 4.07. The lowest BCUT2D eigenvalue weighted by atomic mass is 9.67. The fourth-order valence-corrected chi connectivity index (χ4v) is 2.47. The van der Waals surface area contributed by atoms with E-state index in [2.05, 4.69) is 0 Å². The molecule has 21 heteroatoms. The molecule has 1 saturated carbocycles. The van der Waals surface area contributed by atoms with E-state index in [1.165, 1.54) is 0 Å². The maximum absolute atomic E-state index is 14.0. The molecule has 0 unspecified atom stereocenters. The molecule has 30 heavy (non-hydrogen) atoms. The van der Waals surface area contributed by atoms with Crippen molar-refractivity contribution in [1.82, 2.24) is 0 Å². The molecule has 0 aliphatic heterocycles. The third kappa shape index (κ3) is 2.46. The van der Waals surface area contributed by atoms with Gasteiger partial charge in [0.25, 0.3) is 11.0 Å². The number of rotatable bonds is 5. The molecule has 0 amide bonds. The van der Waals surface area contributed by atoms with Gasteiger partial charge in [-0.3, -0.25) is 0 Å². The van der Waals surface area contributed by atoms with Crippen molar-refractivity contribution >= 4 is 11.0 Å². The van der Waals surface area contributed by atoms with Crippen molar-refractivity contribution in [2.75, 3.05) is 0 Å². The highest BCUT2D eigenvalue weighted by atomic mass is 32.2. The van der Waals surface area contributed by atoms with E-state index in [0.29, 0.717) is 0 Å². The molecule has 0 spiro atoms. The van der Waals surface area contributed by atoms with Crippen LogP contribution in [0.4, 0.5) is 74.6 Å². The third-order valence-corrected chi connectivity index (χ3v) is 4.20. The zero-order chi connectivity index (χ0) is 24.8. The lowest BCUT2D eigenvalue weighted by Crippen LogP contribution is -2.89. The van der Waals surface area contributed by atoms with Crippen molar-refractivity contribution in [1.29, 1.82) is 0 Å². The van der Waals surface area contributed by atoms with Gasteiger partial charge in [0.1, 0.15) is 0 Å². The normalized spacial score (nSPS) is 27.1. The second kappa shape index (κ2) is 6.15. The van der Waals surface area contributed by atoms with Crippen LogP contribution in [0, 0.1) is 0 Å². The third-order valence-electron chi connectivity index (χ3n) is 3.82. The molecule has 1 fully saturated rings. The molecule has 0 radical (unpaired) electrons. The summed E-state index contributed by atoms with van der Waals surface area (Å²) in [6, 6.07) is 0. The van der Waals surface area contributed by atoms with Crippen LogP contribution in [0.1, 0.15) is 0 Å². The maximum Gasteiger partial charge on any atom is 0.439 e. The first-order valence-corrected chi connectivity index (χ1v) is 7.31. The van der Waals surface area contributed by atoms with Gasteiger partial charge in [0, 0.05) is 0 Å². The highest BCUT2D eigenvalue weighted by Crippen LogP contribution is 2.74. The Labute approximate surface area is 152 Å². The number of hydrogen-bond acceptors (Lipinski definition) is 3. The summed E-state index contributed by atoms with van der Waals surface area (Å²) in [5.74, 6) is -59.1. The van der Waals surface area contributed by atoms with Crippen LogP contribution in [0.3, 0.4) is 0 Å². The standard InChI is InChI=1S/C9HF17O3S/c10-1(4(15,16)8(23,24)9(25,26)29-30(27)28)2(11,12)5(17,18)7(21,22)6(19,20)3(1,13)14/h30H. The van der Waals surface area contributed by atoms with E-state index in [9.17, 15) is 83.1 Å². The van der Waals surface area contributed by atoms with Crippen LogP contribution in [0.2, 0.25) is 0 Å². The van der Waals surface area contributed by atoms with E-state index in [1.54, 1.807) is 0 Å². The maximum atomic E-state index is 14.0. The summed E-state index contributed by atoms with van der Waals surface area (Å²) in [6.07, 6.45) is -7.51. The predicted octanol–water partition coefficient (Wildman–Crippen LogP) is 4.29. The first-order chi connectivity index (χ1) is 12.7. The van der Waals surface area contributed by atoms with Crippen molar-refractivity contribution in [2.45, 2.75) is 53.2 Å². The molecular formula is C9HF17O3S. The average Bonchev–Trinajstić information content (AvgIpc) is 2.50. The zero-order valence-corrected chi connectivity index (χ0v) is 13.5. The van der Waals surface area contributed by atoms with Crippen LogP contribution in [0.5, 0.6) is 0 Å². The Morgan fingerprint density at radius 3 is 1.07 bits per heavy atom. The predicted molar refractivity (Wildman–Crippen MR) is 54.8 cm³/mol. The Morgan fingerprint density at radius 1 is 0.533 bits per heavy atom. The Kier molecular flexibility index (Phi) is 5.49. The molecule has 0 aromatic heterocycles. The minimum Gasteiger partial charge on any atom is -0.223 e. The second-order valence-corrected chi connectivity index (χ2v) is 6.14. The molecule has 3 nitrogen and oxygen atoms in total. The van der Waals surface area contributed by atoms with Gasteiger partial charge in [0.05, 0.1) is 0 Å². The molecule has 0 atom stereocenters. The smallest absolute Gasteiger partial charge is 0.223 e. The van der Waals surface area contributed by atoms with Crippen molar-refractivity contribution in [3.05, 3.63) is 0 Å². The van der Waals surface area contributed by atoms with Gasteiger partial charge in [-0.25, -0.2) is 12.8 Å². The summed E-state index contributed by atoms with van der Waals surface area (Å²) in [5.41, 5.74) is -8.87. The quantitative estimate of drug-likeness (QED) is 0.442. The van der Waals surface area contributed by atoms with Gasteiger partial charge in [-0.1, -0.05) is 0 Å². The van der Waals surface area contributed by atoms with E-state index >= 15 is 0 Å². The van der Waals surface area contributed by atoms with Crippen molar-refractivity contribution in [2.24, 2.45) is 0 Å². The van der Waals surface area contributed by atoms with Crippen LogP contribution in [-0.4, -0.2) is 61.7 Å². The van der Waals surface area contributed by atoms with Crippen LogP contribution in [0.25, 0.3) is 0 Å². The average molecular weight is 512 g/mol. The molecule has 0 aromatic carbocycles. The molecule has 1 aliphatic carbocycles. The summed E-state index contributed by atoms with van der Waals surface area (Å²) < 4.78 is 247. The SMILES string of the molecule is O=[SH](=O)OC(F)(F)C(F)(F)C(F)(F)C1(F)C(F)(F)C(F)(F)C(F)(F)C(F)(F)C1(F)F. The van der Waals surface area contributed by atoms with Gasteiger partial charge in [-0.15, -0.1) is 0 Å². The topological polar surface area (TPSA) is 43.4 Å². The van der Waals surface area contributed by atoms with Crippen molar-refractivity contribution in [3.63, 3.8) is 0 Å². The molecule has 0 heterocycles. The van der Waals surface area contributed by atoms with Gasteiger partial charge in [0.2, 0.25) is 0 Å². The van der Waals surface area contributed by atoms with Gasteiger partial charge in [-0.05, 0) is 0 Å². The van der Waals surface area contributed by atoms with E-state index in [4.69, 9.17) is 0 Å². The first-order valence-electron chi connectivity index (χ1n) is 6.21. The molecule has 0 N–H and O–H groups in total. The lowest BCUT2D eigenvalue weighted by Gasteiger charge is -2.55. The number of thiol groups is 1. The van der Waals surface area contributed by atoms with Crippen molar-refractivity contribution < 1.29 is 87.2 Å². The lowest BCUT2D eigenvalue weighted by molar-refractivity contribution is -0.524. The Hall–Kier alpha value is -1.28. The number of hydrogen-bond donors (Lipinski definition) is 1. The molecule has 1 rings (SSSR count). The summed E-state index contributed by atoms with van der Waals surface area (Å²) >= 11 is 0. The Morgan fingerprint density at radius 2 is 0.800 bits per heavy atom. The number of halogens is 17. The summed E-state index contributed by atoms with van der Waals surface area (Å²) in [5, 5.41) is 0. The van der Waals surface area contributed by atoms with E-state index in [1.807, 2.05) is 4.18 Å². The van der Waals surface area contributed by atoms with Crippen LogP contribution in [0.15, 0.2) is 0 Å². The van der Waals surface area contributed by atoms with Crippen LogP contribution >= 0.6 is 0 Å². The second-order valence-electron chi connectivity index (χ2n) is 5.51.